The average molecular weight is 303 g/mol. The van der Waals surface area contributed by atoms with Gasteiger partial charge in [0.25, 0.3) is 0 Å². The summed E-state index contributed by atoms with van der Waals surface area (Å²) in [4.78, 5) is 26.2. The zero-order valence-corrected chi connectivity index (χ0v) is 12.3. The number of nitrogens with one attached hydrogen (secondary N) is 1. The fourth-order valence-corrected chi connectivity index (χ4v) is 2.21. The van der Waals surface area contributed by atoms with Gasteiger partial charge in [0.1, 0.15) is 6.04 Å². The molecule has 0 unspecified atom stereocenters. The first-order valence-corrected chi connectivity index (χ1v) is 6.92. The number of aliphatic carboxylic acids is 1. The Labute approximate surface area is 127 Å². The lowest BCUT2D eigenvalue weighted by Gasteiger charge is -2.17. The quantitative estimate of drug-likeness (QED) is 0.627. The van der Waals surface area contributed by atoms with Gasteiger partial charge in [0.15, 0.2) is 0 Å². The zero-order chi connectivity index (χ0) is 16.3. The van der Waals surface area contributed by atoms with Gasteiger partial charge in [-0.2, -0.15) is 0 Å². The van der Waals surface area contributed by atoms with Gasteiger partial charge in [-0.15, -0.1) is 0 Å². The van der Waals surface area contributed by atoms with E-state index in [1.54, 1.807) is 24.3 Å². The number of aromatic nitrogens is 1. The number of benzene rings is 1. The predicted molar refractivity (Wildman–Crippen MR) is 82.9 cm³/mol. The summed E-state index contributed by atoms with van der Waals surface area (Å²) in [6.45, 7) is 3.78. The molecule has 0 bridgehead atoms. The summed E-state index contributed by atoms with van der Waals surface area (Å²) in [6.07, 6.45) is 0.348. The summed E-state index contributed by atoms with van der Waals surface area (Å²) in [5.41, 5.74) is 0.345. The molecule has 0 aliphatic heterocycles. The van der Waals surface area contributed by atoms with E-state index in [9.17, 15) is 20.0 Å². The highest BCUT2D eigenvalue weighted by atomic mass is 16.6. The number of fused-ring (bicyclic) bond motifs is 1. The second-order valence-corrected chi connectivity index (χ2v) is 5.47. The lowest BCUT2D eigenvalue weighted by molar-refractivity contribution is -0.384. The van der Waals surface area contributed by atoms with Crippen molar-refractivity contribution in [3.05, 3.63) is 40.4 Å². The minimum atomic E-state index is -1.06. The van der Waals surface area contributed by atoms with Crippen molar-refractivity contribution in [2.75, 3.05) is 5.32 Å². The molecule has 1 heterocycles. The Kier molecular flexibility index (Phi) is 4.55. The van der Waals surface area contributed by atoms with Gasteiger partial charge in [-0.25, -0.2) is 9.78 Å². The van der Waals surface area contributed by atoms with Crippen molar-refractivity contribution in [2.24, 2.45) is 5.92 Å². The molecule has 7 heteroatoms. The van der Waals surface area contributed by atoms with E-state index in [0.717, 1.165) is 0 Å². The van der Waals surface area contributed by atoms with Crippen molar-refractivity contribution < 1.29 is 14.8 Å². The van der Waals surface area contributed by atoms with Crippen LogP contribution in [0.4, 0.5) is 11.5 Å². The second kappa shape index (κ2) is 6.38. The van der Waals surface area contributed by atoms with Crippen molar-refractivity contribution in [1.82, 2.24) is 4.98 Å². The smallest absolute Gasteiger partial charge is 0.326 e. The lowest BCUT2D eigenvalue weighted by Crippen LogP contribution is -2.31. The monoisotopic (exact) mass is 303 g/mol. The van der Waals surface area contributed by atoms with Crippen LogP contribution >= 0.6 is 0 Å². The summed E-state index contributed by atoms with van der Waals surface area (Å²) in [6, 6.07) is 7.46. The van der Waals surface area contributed by atoms with Crippen molar-refractivity contribution in [3.63, 3.8) is 0 Å². The van der Waals surface area contributed by atoms with Crippen LogP contribution in [0.2, 0.25) is 0 Å². The van der Waals surface area contributed by atoms with E-state index in [-0.39, 0.29) is 17.4 Å². The first kappa shape index (κ1) is 15.7. The molecule has 0 saturated carbocycles. The predicted octanol–water partition coefficient (Wildman–Crippen LogP) is 3.05. The number of para-hydroxylation sites is 1. The molecule has 7 nitrogen and oxygen atoms in total. The third-order valence-corrected chi connectivity index (χ3v) is 3.22. The second-order valence-electron chi connectivity index (χ2n) is 5.47. The molecule has 1 aromatic heterocycles. The number of carbonyl (C=O) groups is 1. The van der Waals surface area contributed by atoms with Crippen LogP contribution in [0.15, 0.2) is 30.3 Å². The molecule has 1 aromatic carbocycles. The van der Waals surface area contributed by atoms with Gasteiger partial charge in [-0.05, 0) is 18.4 Å². The normalized spacial score (nSPS) is 12.3. The van der Waals surface area contributed by atoms with Crippen LogP contribution in [0.3, 0.4) is 0 Å². The Morgan fingerprint density at radius 2 is 2.09 bits per heavy atom. The Bertz CT molecular complexity index is 715. The number of nitrogens with zero attached hydrogens (tertiary/aromatic N) is 2. The van der Waals surface area contributed by atoms with Crippen molar-refractivity contribution >= 4 is 28.4 Å². The van der Waals surface area contributed by atoms with Crippen LogP contribution in [0.25, 0.3) is 10.9 Å². The van der Waals surface area contributed by atoms with Crippen LogP contribution < -0.4 is 5.32 Å². The minimum absolute atomic E-state index is 0.0169. The third kappa shape index (κ3) is 3.49. The molecule has 0 amide bonds. The number of carboxylic acid groups (broad SMARTS) is 1. The number of nitro groups is 1. The molecular weight excluding hydrogens is 286 g/mol. The topological polar surface area (TPSA) is 105 Å². The maximum atomic E-state index is 11.3. The fourth-order valence-electron chi connectivity index (χ4n) is 2.21. The summed E-state index contributed by atoms with van der Waals surface area (Å²) >= 11 is 0. The number of carboxylic acids is 1. The average Bonchev–Trinajstić information content (AvgIpc) is 2.45. The Hall–Kier alpha value is -2.70. The van der Waals surface area contributed by atoms with Gasteiger partial charge in [0.2, 0.25) is 5.82 Å². The van der Waals surface area contributed by atoms with E-state index < -0.39 is 16.9 Å². The van der Waals surface area contributed by atoms with E-state index >= 15 is 0 Å². The van der Waals surface area contributed by atoms with Gasteiger partial charge in [-0.1, -0.05) is 32.0 Å². The van der Waals surface area contributed by atoms with Gasteiger partial charge < -0.3 is 10.4 Å². The van der Waals surface area contributed by atoms with Crippen LogP contribution in [-0.2, 0) is 4.79 Å². The van der Waals surface area contributed by atoms with E-state index in [1.807, 2.05) is 13.8 Å². The molecule has 1 atom stereocenters. The van der Waals surface area contributed by atoms with E-state index in [0.29, 0.717) is 17.3 Å². The van der Waals surface area contributed by atoms with Gasteiger partial charge in [0.05, 0.1) is 10.4 Å². The standard InChI is InChI=1S/C15H17N3O4/c1-9(2)7-12(15(19)20)17-14-13(18(21)22)8-10-5-3-4-6-11(10)16-14/h3-6,8-9,12H,7H2,1-2H3,(H,16,17)(H,19,20)/t12-/m1/s1. The number of rotatable bonds is 6. The molecule has 116 valence electrons. The van der Waals surface area contributed by atoms with Crippen molar-refractivity contribution in [3.8, 4) is 0 Å². The van der Waals surface area contributed by atoms with E-state index in [4.69, 9.17) is 0 Å². The van der Waals surface area contributed by atoms with Crippen LogP contribution in [0, 0.1) is 16.0 Å². The summed E-state index contributed by atoms with van der Waals surface area (Å²) < 4.78 is 0. The van der Waals surface area contributed by atoms with E-state index in [1.165, 1.54) is 6.07 Å². The van der Waals surface area contributed by atoms with E-state index in [2.05, 4.69) is 10.3 Å². The highest BCUT2D eigenvalue weighted by molar-refractivity contribution is 5.86. The molecule has 0 spiro atoms. The summed E-state index contributed by atoms with van der Waals surface area (Å²) in [7, 11) is 0. The number of hydrogen-bond donors (Lipinski definition) is 2. The van der Waals surface area contributed by atoms with Crippen molar-refractivity contribution in [1.29, 1.82) is 0 Å². The molecule has 2 N–H and O–H groups in total. The summed E-state index contributed by atoms with van der Waals surface area (Å²) in [5, 5.41) is 23.8. The Morgan fingerprint density at radius 3 is 2.68 bits per heavy atom. The van der Waals surface area contributed by atoms with Crippen LogP contribution in [0.5, 0.6) is 0 Å². The Morgan fingerprint density at radius 1 is 1.41 bits per heavy atom. The Balaban J connectivity index is 2.45. The molecule has 0 aliphatic carbocycles. The molecule has 0 saturated heterocycles. The van der Waals surface area contributed by atoms with Crippen molar-refractivity contribution in [2.45, 2.75) is 26.3 Å². The molecule has 0 radical (unpaired) electrons. The molecular formula is C15H17N3O4. The SMILES string of the molecule is CC(C)C[C@@H](Nc1nc2ccccc2cc1[N+](=O)[O-])C(=O)O. The molecule has 22 heavy (non-hydrogen) atoms. The molecule has 2 rings (SSSR count). The zero-order valence-electron chi connectivity index (χ0n) is 12.3. The summed E-state index contributed by atoms with van der Waals surface area (Å²) in [5.74, 6) is -0.942. The third-order valence-electron chi connectivity index (χ3n) is 3.22. The minimum Gasteiger partial charge on any atom is -0.480 e. The van der Waals surface area contributed by atoms with Crippen LogP contribution in [0.1, 0.15) is 20.3 Å². The highest BCUT2D eigenvalue weighted by Crippen LogP contribution is 2.28. The maximum absolute atomic E-state index is 11.3. The molecule has 0 aliphatic rings. The van der Waals surface area contributed by atoms with Gasteiger partial charge in [-0.3, -0.25) is 10.1 Å². The number of anilines is 1. The fraction of sp³-hybridized carbons (Fsp3) is 0.333. The highest BCUT2D eigenvalue weighted by Gasteiger charge is 2.24. The first-order chi connectivity index (χ1) is 10.4. The maximum Gasteiger partial charge on any atom is 0.326 e. The van der Waals surface area contributed by atoms with Gasteiger partial charge >= 0.3 is 11.7 Å². The first-order valence-electron chi connectivity index (χ1n) is 6.92. The molecule has 2 aromatic rings. The molecule has 0 fully saturated rings. The number of hydrogen-bond acceptors (Lipinski definition) is 5. The van der Waals surface area contributed by atoms with Gasteiger partial charge in [0, 0.05) is 11.5 Å². The number of pyridine rings is 1. The lowest BCUT2D eigenvalue weighted by atomic mass is 10.0. The largest absolute Gasteiger partial charge is 0.480 e. The van der Waals surface area contributed by atoms with Crippen LogP contribution in [-0.4, -0.2) is 27.0 Å².